The van der Waals surface area contributed by atoms with E-state index in [1.807, 2.05) is 18.2 Å². The van der Waals surface area contributed by atoms with Gasteiger partial charge in [-0.3, -0.25) is 4.79 Å². The highest BCUT2D eigenvalue weighted by Gasteiger charge is 2.50. The van der Waals surface area contributed by atoms with Crippen LogP contribution in [-0.4, -0.2) is 30.2 Å². The molecule has 2 unspecified atom stereocenters. The Hall–Kier alpha value is -3.25. The molecule has 158 valence electrons. The first-order chi connectivity index (χ1) is 15.1. The number of carbonyl (C=O) groups excluding carboxylic acids is 1. The molecule has 0 N–H and O–H groups in total. The number of hydrogen-bond acceptors (Lipinski definition) is 4. The van der Waals surface area contributed by atoms with Gasteiger partial charge in [0.25, 0.3) is 5.91 Å². The zero-order valence-corrected chi connectivity index (χ0v) is 17.2. The first-order valence-corrected chi connectivity index (χ1v) is 10.3. The van der Waals surface area contributed by atoms with E-state index in [1.54, 1.807) is 41.3 Å². The number of rotatable bonds is 6. The summed E-state index contributed by atoms with van der Waals surface area (Å²) in [5.74, 6) is 1.54. The van der Waals surface area contributed by atoms with Gasteiger partial charge < -0.3 is 19.1 Å². The molecule has 0 spiro atoms. The van der Waals surface area contributed by atoms with E-state index < -0.39 is 6.10 Å². The lowest BCUT2D eigenvalue weighted by Crippen LogP contribution is -2.61. The maximum atomic E-state index is 13.2. The number of β-lactam (4-membered cyclic amide) rings is 1. The van der Waals surface area contributed by atoms with Crippen molar-refractivity contribution in [3.8, 4) is 17.2 Å². The molecule has 0 radical (unpaired) electrons. The van der Waals surface area contributed by atoms with Gasteiger partial charge in [0.15, 0.2) is 11.5 Å². The van der Waals surface area contributed by atoms with E-state index in [2.05, 4.69) is 0 Å². The number of fused-ring (bicyclic) bond motifs is 1. The van der Waals surface area contributed by atoms with Crippen LogP contribution in [0.4, 0.5) is 4.39 Å². The number of ether oxygens (including phenoxy) is 3. The van der Waals surface area contributed by atoms with Crippen molar-refractivity contribution in [2.24, 2.45) is 0 Å². The third kappa shape index (κ3) is 3.91. The van der Waals surface area contributed by atoms with Crippen molar-refractivity contribution in [1.82, 2.24) is 4.90 Å². The fourth-order valence-electron chi connectivity index (χ4n) is 3.89. The molecule has 31 heavy (non-hydrogen) atoms. The highest BCUT2D eigenvalue weighted by Crippen LogP contribution is 2.42. The molecule has 1 saturated heterocycles. The van der Waals surface area contributed by atoms with Gasteiger partial charge in [0.1, 0.15) is 17.6 Å². The Morgan fingerprint density at radius 1 is 1.00 bits per heavy atom. The van der Waals surface area contributed by atoms with E-state index in [4.69, 9.17) is 25.8 Å². The summed E-state index contributed by atoms with van der Waals surface area (Å²) in [5.41, 5.74) is 1.86. The van der Waals surface area contributed by atoms with Crippen molar-refractivity contribution in [2.45, 2.75) is 18.6 Å². The summed E-state index contributed by atoms with van der Waals surface area (Å²) in [5, 5.41) is 0.598. The second-order valence-corrected chi connectivity index (χ2v) is 7.89. The lowest BCUT2D eigenvalue weighted by Gasteiger charge is -2.47. The molecule has 2 aliphatic heterocycles. The Bertz CT molecular complexity index is 1100. The molecule has 7 heteroatoms. The van der Waals surface area contributed by atoms with Crippen LogP contribution in [0.5, 0.6) is 17.2 Å². The van der Waals surface area contributed by atoms with Gasteiger partial charge in [0.2, 0.25) is 12.9 Å². The van der Waals surface area contributed by atoms with Gasteiger partial charge in [0, 0.05) is 11.6 Å². The van der Waals surface area contributed by atoms with Crippen molar-refractivity contribution >= 4 is 17.5 Å². The average Bonchev–Trinajstić information content (AvgIpc) is 3.25. The van der Waals surface area contributed by atoms with Gasteiger partial charge in [-0.2, -0.15) is 0 Å². The van der Waals surface area contributed by atoms with Gasteiger partial charge in [-0.25, -0.2) is 4.39 Å². The molecule has 0 bridgehead atoms. The minimum atomic E-state index is -0.658. The van der Waals surface area contributed by atoms with E-state index in [9.17, 15) is 9.18 Å². The second-order valence-electron chi connectivity index (χ2n) is 7.46. The van der Waals surface area contributed by atoms with Crippen LogP contribution >= 0.6 is 11.6 Å². The molecule has 3 aromatic carbocycles. The molecule has 5 nitrogen and oxygen atoms in total. The molecule has 2 aliphatic rings. The number of carbonyl (C=O) groups is 1. The summed E-state index contributed by atoms with van der Waals surface area (Å²) < 4.78 is 30.1. The van der Waals surface area contributed by atoms with Crippen molar-refractivity contribution in [1.29, 1.82) is 0 Å². The highest BCUT2D eigenvalue weighted by atomic mass is 35.5. The normalized spacial score (nSPS) is 19.3. The SMILES string of the molecule is O=C1C(Oc2ccc(Cl)cc2)C(c2ccc3c(c2)OCO3)N1CCc1ccc(F)cc1. The molecule has 2 atom stereocenters. The summed E-state index contributed by atoms with van der Waals surface area (Å²) >= 11 is 5.96. The number of benzene rings is 3. The maximum absolute atomic E-state index is 13.2. The molecule has 0 saturated carbocycles. The predicted molar refractivity (Wildman–Crippen MR) is 113 cm³/mol. The Kier molecular flexibility index (Phi) is 5.16. The third-order valence-corrected chi connectivity index (χ3v) is 5.77. The topological polar surface area (TPSA) is 48.0 Å². The van der Waals surface area contributed by atoms with Crippen molar-refractivity contribution < 1.29 is 23.4 Å². The van der Waals surface area contributed by atoms with Crippen LogP contribution in [0.15, 0.2) is 66.7 Å². The summed E-state index contributed by atoms with van der Waals surface area (Å²) in [6, 6.07) is 18.6. The van der Waals surface area contributed by atoms with Crippen LogP contribution < -0.4 is 14.2 Å². The van der Waals surface area contributed by atoms with E-state index in [1.165, 1.54) is 12.1 Å². The van der Waals surface area contributed by atoms with Crippen LogP contribution in [0.1, 0.15) is 17.2 Å². The van der Waals surface area contributed by atoms with Crippen LogP contribution in [0.25, 0.3) is 0 Å². The van der Waals surface area contributed by atoms with Gasteiger partial charge >= 0.3 is 0 Å². The van der Waals surface area contributed by atoms with E-state index in [0.29, 0.717) is 35.2 Å². The standard InChI is InChI=1S/C24H19ClFNO4/c25-17-4-8-19(9-5-17)31-23-22(16-3-10-20-21(13-16)30-14-29-20)27(24(23)28)12-11-15-1-6-18(26)7-2-15/h1-10,13,22-23H,11-12,14H2. The fourth-order valence-corrected chi connectivity index (χ4v) is 4.02. The zero-order valence-electron chi connectivity index (χ0n) is 16.5. The molecule has 5 rings (SSSR count). The molecule has 1 fully saturated rings. The van der Waals surface area contributed by atoms with E-state index >= 15 is 0 Å². The lowest BCUT2D eigenvalue weighted by molar-refractivity contribution is -0.164. The number of hydrogen-bond donors (Lipinski definition) is 0. The van der Waals surface area contributed by atoms with Gasteiger partial charge in [-0.05, 0) is 66.1 Å². The first-order valence-electron chi connectivity index (χ1n) is 9.95. The van der Waals surface area contributed by atoms with Crippen LogP contribution in [-0.2, 0) is 11.2 Å². The third-order valence-electron chi connectivity index (χ3n) is 5.52. The number of halogens is 2. The number of amides is 1. The Balaban J connectivity index is 1.39. The van der Waals surface area contributed by atoms with Crippen LogP contribution in [0.3, 0.4) is 0 Å². The van der Waals surface area contributed by atoms with Crippen molar-refractivity contribution in [3.63, 3.8) is 0 Å². The summed E-state index contributed by atoms with van der Waals surface area (Å²) in [6.07, 6.45) is -0.0458. The second kappa shape index (κ2) is 8.12. The highest BCUT2D eigenvalue weighted by molar-refractivity contribution is 6.30. The van der Waals surface area contributed by atoms with Gasteiger partial charge in [0.05, 0.1) is 0 Å². The monoisotopic (exact) mass is 439 g/mol. The lowest BCUT2D eigenvalue weighted by atomic mass is 9.89. The number of likely N-dealkylation sites (tertiary alicyclic amines) is 1. The van der Waals surface area contributed by atoms with Gasteiger partial charge in [-0.1, -0.05) is 29.8 Å². The molecule has 0 aromatic heterocycles. The Morgan fingerprint density at radius 2 is 1.74 bits per heavy atom. The molecular formula is C24H19ClFNO4. The molecule has 1 amide bonds. The van der Waals surface area contributed by atoms with Crippen LogP contribution in [0.2, 0.25) is 5.02 Å². The Morgan fingerprint density at radius 3 is 2.52 bits per heavy atom. The molecule has 0 aliphatic carbocycles. The quantitative estimate of drug-likeness (QED) is 0.518. The molecule has 3 aromatic rings. The van der Waals surface area contributed by atoms with Crippen LogP contribution in [0, 0.1) is 5.82 Å². The predicted octanol–water partition coefficient (Wildman–Crippen LogP) is 4.78. The number of nitrogens with zero attached hydrogens (tertiary/aromatic N) is 1. The average molecular weight is 440 g/mol. The largest absolute Gasteiger partial charge is 0.478 e. The molecular weight excluding hydrogens is 421 g/mol. The molecule has 2 heterocycles. The van der Waals surface area contributed by atoms with E-state index in [0.717, 1.165) is 11.1 Å². The summed E-state index contributed by atoms with van der Waals surface area (Å²) in [4.78, 5) is 14.8. The first kappa shape index (κ1) is 19.7. The zero-order chi connectivity index (χ0) is 21.4. The smallest absolute Gasteiger partial charge is 0.266 e. The fraction of sp³-hybridized carbons (Fsp3) is 0.208. The summed E-state index contributed by atoms with van der Waals surface area (Å²) in [6.45, 7) is 0.672. The summed E-state index contributed by atoms with van der Waals surface area (Å²) in [7, 11) is 0. The van der Waals surface area contributed by atoms with Crippen molar-refractivity contribution in [3.05, 3.63) is 88.7 Å². The van der Waals surface area contributed by atoms with E-state index in [-0.39, 0.29) is 24.6 Å². The minimum Gasteiger partial charge on any atom is -0.478 e. The van der Waals surface area contributed by atoms with Gasteiger partial charge in [-0.15, -0.1) is 0 Å². The van der Waals surface area contributed by atoms with Crippen molar-refractivity contribution in [2.75, 3.05) is 13.3 Å². The minimum absolute atomic E-state index is 0.0975. The maximum Gasteiger partial charge on any atom is 0.266 e. The Labute approximate surface area is 183 Å².